The van der Waals surface area contributed by atoms with Crippen molar-refractivity contribution in [1.82, 2.24) is 5.32 Å². The number of amidine groups is 1. The van der Waals surface area contributed by atoms with Gasteiger partial charge in [0.25, 0.3) is 0 Å². The van der Waals surface area contributed by atoms with Crippen LogP contribution in [0.25, 0.3) is 0 Å². The van der Waals surface area contributed by atoms with Gasteiger partial charge in [0.1, 0.15) is 5.84 Å². The fourth-order valence-corrected chi connectivity index (χ4v) is 1.60. The summed E-state index contributed by atoms with van der Waals surface area (Å²) in [7, 11) is 0. The van der Waals surface area contributed by atoms with Crippen LogP contribution < -0.4 is 11.1 Å². The highest BCUT2D eigenvalue weighted by Gasteiger charge is 2.21. The first-order valence-electron chi connectivity index (χ1n) is 4.33. The Morgan fingerprint density at radius 2 is 1.92 bits per heavy atom. The van der Waals surface area contributed by atoms with Gasteiger partial charge in [0, 0.05) is 12.0 Å². The van der Waals surface area contributed by atoms with Crippen molar-refractivity contribution in [3.05, 3.63) is 0 Å². The molecule has 4 heteroatoms. The van der Waals surface area contributed by atoms with E-state index >= 15 is 0 Å². The topological polar surface area (TPSA) is 85.8 Å². The molecule has 1 aliphatic rings. The molecule has 0 amide bonds. The van der Waals surface area contributed by atoms with Crippen molar-refractivity contribution in [3.63, 3.8) is 0 Å². The predicted octanol–water partition coefficient (Wildman–Crippen LogP) is 0.678. The van der Waals surface area contributed by atoms with Crippen molar-refractivity contribution < 1.29 is 0 Å². The first-order chi connectivity index (χ1) is 5.74. The third-order valence-corrected chi connectivity index (χ3v) is 2.41. The van der Waals surface area contributed by atoms with Crippen LogP contribution in [0.15, 0.2) is 0 Å². The lowest BCUT2D eigenvalue weighted by atomic mass is 9.86. The van der Waals surface area contributed by atoms with E-state index in [0.717, 1.165) is 32.0 Å². The molecule has 0 bridgehead atoms. The Morgan fingerprint density at radius 3 is 2.42 bits per heavy atom. The van der Waals surface area contributed by atoms with E-state index in [4.69, 9.17) is 16.6 Å². The van der Waals surface area contributed by atoms with Crippen molar-refractivity contribution in [2.24, 2.45) is 11.7 Å². The third kappa shape index (κ3) is 2.30. The maximum absolute atomic E-state index is 7.55. The van der Waals surface area contributed by atoms with Gasteiger partial charge in [-0.15, -0.1) is 0 Å². The predicted molar refractivity (Wildman–Crippen MR) is 49.6 cm³/mol. The molecule has 0 aromatic carbocycles. The molecule has 0 saturated heterocycles. The summed E-state index contributed by atoms with van der Waals surface area (Å²) in [6.45, 7) is 0. The van der Waals surface area contributed by atoms with Crippen molar-refractivity contribution >= 4 is 12.2 Å². The zero-order valence-corrected chi connectivity index (χ0v) is 7.14. The Morgan fingerprint density at radius 1 is 1.33 bits per heavy atom. The molecule has 1 aliphatic carbocycles. The zero-order valence-electron chi connectivity index (χ0n) is 7.14. The fraction of sp³-hybridized carbons (Fsp3) is 0.750. The molecule has 0 aromatic heterocycles. The Labute approximate surface area is 72.5 Å². The van der Waals surface area contributed by atoms with Crippen LogP contribution in [0, 0.1) is 16.7 Å². The number of nitrogens with one attached hydrogen (secondary N) is 3. The minimum absolute atomic E-state index is 0.298. The molecule has 0 aliphatic heterocycles. The summed E-state index contributed by atoms with van der Waals surface area (Å²) in [4.78, 5) is 0. The number of rotatable bonds is 2. The lowest BCUT2D eigenvalue weighted by Gasteiger charge is -2.25. The van der Waals surface area contributed by atoms with Gasteiger partial charge in [-0.05, 0) is 25.7 Å². The summed E-state index contributed by atoms with van der Waals surface area (Å²) in [6.07, 6.45) is 5.05. The molecule has 0 radical (unpaired) electrons. The average Bonchev–Trinajstić information content (AvgIpc) is 2.06. The lowest BCUT2D eigenvalue weighted by Crippen LogP contribution is -2.35. The van der Waals surface area contributed by atoms with Gasteiger partial charge in [0.15, 0.2) is 0 Å². The van der Waals surface area contributed by atoms with Gasteiger partial charge >= 0.3 is 0 Å². The summed E-state index contributed by atoms with van der Waals surface area (Å²) < 4.78 is 0. The molecule has 1 fully saturated rings. The molecule has 0 unspecified atom stereocenters. The third-order valence-electron chi connectivity index (χ3n) is 2.41. The van der Waals surface area contributed by atoms with Gasteiger partial charge in [0.2, 0.25) is 0 Å². The van der Waals surface area contributed by atoms with E-state index in [0.29, 0.717) is 17.8 Å². The summed E-state index contributed by atoms with van der Waals surface area (Å²) in [5, 5.41) is 16.9. The smallest absolute Gasteiger partial charge is 0.101 e. The van der Waals surface area contributed by atoms with Crippen molar-refractivity contribution in [2.45, 2.75) is 31.7 Å². The summed E-state index contributed by atoms with van der Waals surface area (Å²) in [6, 6.07) is 0.328. The second-order valence-corrected chi connectivity index (χ2v) is 3.31. The maximum atomic E-state index is 7.55. The van der Waals surface area contributed by atoms with Crippen molar-refractivity contribution in [3.8, 4) is 0 Å². The standard InChI is InChI=1S/C8H16N4/c9-5-12-8(11)6-1-3-7(10)4-2-6/h5-7H,1-4,10H2,(H3,9,11,12)/t6-,7-. The van der Waals surface area contributed by atoms with Crippen molar-refractivity contribution in [2.75, 3.05) is 0 Å². The van der Waals surface area contributed by atoms with E-state index in [2.05, 4.69) is 5.32 Å². The first-order valence-corrected chi connectivity index (χ1v) is 4.33. The highest BCUT2D eigenvalue weighted by molar-refractivity contribution is 5.90. The van der Waals surface area contributed by atoms with Crippen LogP contribution in [0.5, 0.6) is 0 Å². The fourth-order valence-electron chi connectivity index (χ4n) is 1.60. The van der Waals surface area contributed by atoms with Gasteiger partial charge in [-0.3, -0.25) is 10.8 Å². The minimum Gasteiger partial charge on any atom is -0.335 e. The van der Waals surface area contributed by atoms with Crippen LogP contribution in [-0.4, -0.2) is 18.2 Å². The Kier molecular flexibility index (Phi) is 3.22. The van der Waals surface area contributed by atoms with E-state index in [1.54, 1.807) is 0 Å². The molecule has 0 atom stereocenters. The molecule has 1 saturated carbocycles. The highest BCUT2D eigenvalue weighted by atomic mass is 14.9. The van der Waals surface area contributed by atoms with Crippen LogP contribution in [0.2, 0.25) is 0 Å². The van der Waals surface area contributed by atoms with Gasteiger partial charge in [-0.25, -0.2) is 0 Å². The second kappa shape index (κ2) is 4.21. The van der Waals surface area contributed by atoms with E-state index in [9.17, 15) is 0 Å². The highest BCUT2D eigenvalue weighted by Crippen LogP contribution is 2.22. The van der Waals surface area contributed by atoms with Crippen LogP contribution in [0.3, 0.4) is 0 Å². The van der Waals surface area contributed by atoms with Gasteiger partial charge < -0.3 is 11.1 Å². The summed E-state index contributed by atoms with van der Waals surface area (Å²) in [5.74, 6) is 0.767. The minimum atomic E-state index is 0.298. The molecule has 68 valence electrons. The van der Waals surface area contributed by atoms with E-state index in [-0.39, 0.29) is 0 Å². The normalized spacial score (nSPS) is 29.4. The van der Waals surface area contributed by atoms with Gasteiger partial charge in [-0.1, -0.05) is 0 Å². The van der Waals surface area contributed by atoms with Gasteiger partial charge in [-0.2, -0.15) is 0 Å². The molecule has 0 aromatic rings. The van der Waals surface area contributed by atoms with Crippen LogP contribution in [0.1, 0.15) is 25.7 Å². The Balaban J connectivity index is 2.33. The Bertz CT molecular complexity index is 170. The van der Waals surface area contributed by atoms with Crippen LogP contribution >= 0.6 is 0 Å². The SMILES string of the molecule is N=CNC(=N)[C@H]1CC[C@H](N)CC1. The van der Waals surface area contributed by atoms with E-state index < -0.39 is 0 Å². The second-order valence-electron chi connectivity index (χ2n) is 3.31. The lowest BCUT2D eigenvalue weighted by molar-refractivity contribution is 0.387. The average molecular weight is 168 g/mol. The van der Waals surface area contributed by atoms with Gasteiger partial charge in [0.05, 0.1) is 6.34 Å². The van der Waals surface area contributed by atoms with E-state index in [1.807, 2.05) is 0 Å². The maximum Gasteiger partial charge on any atom is 0.101 e. The molecule has 0 spiro atoms. The molecular formula is C8H16N4. The summed E-state index contributed by atoms with van der Waals surface area (Å²) in [5.41, 5.74) is 5.74. The molecule has 0 heterocycles. The first kappa shape index (κ1) is 9.19. The molecule has 1 rings (SSSR count). The molecule has 4 nitrogen and oxygen atoms in total. The van der Waals surface area contributed by atoms with Crippen LogP contribution in [-0.2, 0) is 0 Å². The number of nitrogens with two attached hydrogens (primary N) is 1. The van der Waals surface area contributed by atoms with E-state index in [1.165, 1.54) is 0 Å². The summed E-state index contributed by atoms with van der Waals surface area (Å²) >= 11 is 0. The largest absolute Gasteiger partial charge is 0.335 e. The van der Waals surface area contributed by atoms with Crippen LogP contribution in [0.4, 0.5) is 0 Å². The van der Waals surface area contributed by atoms with Crippen molar-refractivity contribution in [1.29, 1.82) is 10.8 Å². The molecule has 12 heavy (non-hydrogen) atoms. The quantitative estimate of drug-likeness (QED) is 0.361. The number of hydrogen-bond acceptors (Lipinski definition) is 3. The molecular weight excluding hydrogens is 152 g/mol. The monoisotopic (exact) mass is 168 g/mol. The number of hydrogen-bond donors (Lipinski definition) is 4. The zero-order chi connectivity index (χ0) is 8.97. The molecule has 5 N–H and O–H groups in total. The Hall–Kier alpha value is -0.900.